The molecule has 0 aromatic heterocycles. The van der Waals surface area contributed by atoms with Crippen molar-refractivity contribution in [3.63, 3.8) is 0 Å². The maximum atomic E-state index is 12.4. The van der Waals surface area contributed by atoms with Gasteiger partial charge in [0.25, 0.3) is 5.91 Å². The molecule has 118 valence electrons. The third-order valence-electron chi connectivity index (χ3n) is 3.33. The summed E-state index contributed by atoms with van der Waals surface area (Å²) in [5.41, 5.74) is 0.362. The molecule has 1 aromatic rings. The first kappa shape index (κ1) is 17.7. The normalized spacial score (nSPS) is 13.2. The van der Waals surface area contributed by atoms with Crippen molar-refractivity contribution in [2.75, 3.05) is 13.6 Å². The van der Waals surface area contributed by atoms with Gasteiger partial charge < -0.3 is 5.32 Å². The first-order valence-electron chi connectivity index (χ1n) is 7.20. The molecule has 0 aliphatic heterocycles. The molecule has 0 saturated carbocycles. The van der Waals surface area contributed by atoms with Gasteiger partial charge in [-0.2, -0.15) is 0 Å². The van der Waals surface area contributed by atoms with Gasteiger partial charge in [-0.05, 0) is 38.0 Å². The topological polar surface area (TPSA) is 66.5 Å². The minimum atomic E-state index is -3.54. The maximum absolute atomic E-state index is 12.4. The lowest BCUT2D eigenvalue weighted by molar-refractivity contribution is 0.0939. The van der Waals surface area contributed by atoms with E-state index in [4.69, 9.17) is 0 Å². The van der Waals surface area contributed by atoms with Gasteiger partial charge >= 0.3 is 0 Å². The zero-order chi connectivity index (χ0) is 16.0. The number of nitrogens with one attached hydrogen (secondary N) is 1. The van der Waals surface area contributed by atoms with Crippen molar-refractivity contribution in [2.45, 2.75) is 44.6 Å². The molecule has 0 fully saturated rings. The Morgan fingerprint density at radius 1 is 1.33 bits per heavy atom. The van der Waals surface area contributed by atoms with Gasteiger partial charge in [0.15, 0.2) is 0 Å². The number of amides is 1. The fraction of sp³-hybridized carbons (Fsp3) is 0.533. The fourth-order valence-corrected chi connectivity index (χ4v) is 3.13. The Hall–Kier alpha value is -1.40. The van der Waals surface area contributed by atoms with Crippen LogP contribution >= 0.6 is 0 Å². The quantitative estimate of drug-likeness (QED) is 0.839. The number of benzene rings is 1. The molecule has 1 atom stereocenters. The number of hydrogen-bond donors (Lipinski definition) is 1. The number of carbonyl (C=O) groups excluding carboxylic acids is 1. The van der Waals surface area contributed by atoms with Gasteiger partial charge in [-0.15, -0.1) is 0 Å². The molecular weight excluding hydrogens is 288 g/mol. The highest BCUT2D eigenvalue weighted by Crippen LogP contribution is 2.16. The van der Waals surface area contributed by atoms with Crippen molar-refractivity contribution in [1.29, 1.82) is 0 Å². The van der Waals surface area contributed by atoms with Gasteiger partial charge in [0.2, 0.25) is 10.0 Å². The second-order valence-corrected chi connectivity index (χ2v) is 7.18. The Kier molecular flexibility index (Phi) is 6.36. The summed E-state index contributed by atoms with van der Waals surface area (Å²) in [5.74, 6) is -0.250. The average Bonchev–Trinajstić information content (AvgIpc) is 2.47. The van der Waals surface area contributed by atoms with E-state index in [1.165, 1.54) is 16.4 Å². The zero-order valence-electron chi connectivity index (χ0n) is 13.1. The van der Waals surface area contributed by atoms with Crippen molar-refractivity contribution in [2.24, 2.45) is 0 Å². The van der Waals surface area contributed by atoms with Crippen LogP contribution in [0.5, 0.6) is 0 Å². The monoisotopic (exact) mass is 312 g/mol. The molecule has 1 aromatic carbocycles. The lowest BCUT2D eigenvalue weighted by Crippen LogP contribution is -2.32. The molecule has 5 nitrogen and oxygen atoms in total. The summed E-state index contributed by atoms with van der Waals surface area (Å²) in [6.45, 7) is 6.26. The molecule has 1 amide bonds. The summed E-state index contributed by atoms with van der Waals surface area (Å²) in [5, 5.41) is 2.83. The molecule has 0 aliphatic carbocycles. The van der Waals surface area contributed by atoms with Crippen LogP contribution in [0, 0.1) is 0 Å². The number of carbonyl (C=O) groups is 1. The van der Waals surface area contributed by atoms with Crippen molar-refractivity contribution < 1.29 is 13.2 Å². The van der Waals surface area contributed by atoms with E-state index in [0.717, 1.165) is 12.8 Å². The van der Waals surface area contributed by atoms with Gasteiger partial charge in [0, 0.05) is 25.2 Å². The Morgan fingerprint density at radius 3 is 2.57 bits per heavy atom. The van der Waals surface area contributed by atoms with Crippen LogP contribution in [0.15, 0.2) is 29.2 Å². The lowest BCUT2D eigenvalue weighted by Gasteiger charge is -2.17. The van der Waals surface area contributed by atoms with E-state index in [0.29, 0.717) is 12.1 Å². The Morgan fingerprint density at radius 2 is 2.00 bits per heavy atom. The van der Waals surface area contributed by atoms with Crippen molar-refractivity contribution in [1.82, 2.24) is 9.62 Å². The van der Waals surface area contributed by atoms with Gasteiger partial charge in [-0.3, -0.25) is 4.79 Å². The molecule has 6 heteroatoms. The van der Waals surface area contributed by atoms with E-state index < -0.39 is 10.0 Å². The van der Waals surface area contributed by atoms with Crippen molar-refractivity contribution in [3.8, 4) is 0 Å². The molecule has 1 N–H and O–H groups in total. The Labute approximate surface area is 127 Å². The molecule has 0 bridgehead atoms. The van der Waals surface area contributed by atoms with Gasteiger partial charge in [0.1, 0.15) is 0 Å². The molecule has 0 saturated heterocycles. The van der Waals surface area contributed by atoms with Crippen molar-refractivity contribution >= 4 is 15.9 Å². The molecular formula is C15H24N2O3S. The van der Waals surface area contributed by atoms with Crippen LogP contribution in [0.3, 0.4) is 0 Å². The minimum absolute atomic E-state index is 0.0560. The molecule has 0 unspecified atom stereocenters. The van der Waals surface area contributed by atoms with E-state index in [-0.39, 0.29) is 16.8 Å². The standard InChI is InChI=1S/C15H24N2O3S/c1-5-10-17(4)21(19,20)14-9-7-8-13(11-14)15(18)16-12(3)6-2/h7-9,11-12H,5-6,10H2,1-4H3,(H,16,18)/t12-/m0/s1. The summed E-state index contributed by atoms with van der Waals surface area (Å²) in [6.07, 6.45) is 1.56. The zero-order valence-corrected chi connectivity index (χ0v) is 13.9. The second-order valence-electron chi connectivity index (χ2n) is 5.14. The van der Waals surface area contributed by atoms with Crippen LogP contribution < -0.4 is 5.32 Å². The van der Waals surface area contributed by atoms with E-state index in [1.807, 2.05) is 20.8 Å². The molecule has 0 aliphatic rings. The lowest BCUT2D eigenvalue weighted by atomic mass is 10.2. The molecule has 21 heavy (non-hydrogen) atoms. The van der Waals surface area contributed by atoms with E-state index >= 15 is 0 Å². The van der Waals surface area contributed by atoms with Crippen molar-refractivity contribution in [3.05, 3.63) is 29.8 Å². The number of rotatable bonds is 7. The summed E-state index contributed by atoms with van der Waals surface area (Å²) >= 11 is 0. The fourth-order valence-electron chi connectivity index (χ4n) is 1.82. The summed E-state index contributed by atoms with van der Waals surface area (Å²) < 4.78 is 26.0. The summed E-state index contributed by atoms with van der Waals surface area (Å²) in [4.78, 5) is 12.2. The Bertz CT molecular complexity index is 584. The summed E-state index contributed by atoms with van der Waals surface area (Å²) in [7, 11) is -1.99. The number of hydrogen-bond acceptors (Lipinski definition) is 3. The predicted molar refractivity (Wildman–Crippen MR) is 83.8 cm³/mol. The first-order valence-corrected chi connectivity index (χ1v) is 8.64. The van der Waals surface area contributed by atoms with E-state index in [2.05, 4.69) is 5.32 Å². The van der Waals surface area contributed by atoms with Crippen LogP contribution in [-0.2, 0) is 10.0 Å². The predicted octanol–water partition coefficient (Wildman–Crippen LogP) is 2.25. The second kappa shape index (κ2) is 7.56. The molecule has 0 radical (unpaired) electrons. The third-order valence-corrected chi connectivity index (χ3v) is 5.19. The SMILES string of the molecule is CCCN(C)S(=O)(=O)c1cccc(C(=O)N[C@@H](C)CC)c1. The number of sulfonamides is 1. The highest BCUT2D eigenvalue weighted by Gasteiger charge is 2.21. The van der Waals surface area contributed by atoms with E-state index in [9.17, 15) is 13.2 Å². The van der Waals surface area contributed by atoms with Gasteiger partial charge in [0.05, 0.1) is 4.90 Å². The smallest absolute Gasteiger partial charge is 0.251 e. The largest absolute Gasteiger partial charge is 0.350 e. The van der Waals surface area contributed by atoms with Crippen LogP contribution in [0.2, 0.25) is 0 Å². The minimum Gasteiger partial charge on any atom is -0.350 e. The number of nitrogens with zero attached hydrogens (tertiary/aromatic N) is 1. The van der Waals surface area contributed by atoms with Crippen LogP contribution in [0.25, 0.3) is 0 Å². The third kappa shape index (κ3) is 4.54. The van der Waals surface area contributed by atoms with Crippen LogP contribution in [-0.4, -0.2) is 38.3 Å². The Balaban J connectivity index is 3.03. The summed E-state index contributed by atoms with van der Waals surface area (Å²) in [6, 6.07) is 6.22. The highest BCUT2D eigenvalue weighted by molar-refractivity contribution is 7.89. The highest BCUT2D eigenvalue weighted by atomic mass is 32.2. The maximum Gasteiger partial charge on any atom is 0.251 e. The average molecular weight is 312 g/mol. The molecule has 1 rings (SSSR count). The molecule has 0 spiro atoms. The first-order chi connectivity index (χ1) is 9.82. The van der Waals surface area contributed by atoms with Crippen LogP contribution in [0.4, 0.5) is 0 Å². The van der Waals surface area contributed by atoms with Crippen LogP contribution in [0.1, 0.15) is 44.0 Å². The molecule has 0 heterocycles. The van der Waals surface area contributed by atoms with Gasteiger partial charge in [-0.1, -0.05) is 19.9 Å². The van der Waals surface area contributed by atoms with E-state index in [1.54, 1.807) is 19.2 Å². The van der Waals surface area contributed by atoms with Gasteiger partial charge in [-0.25, -0.2) is 12.7 Å².